The largest absolute Gasteiger partial charge is 0.288 e. The van der Waals surface area contributed by atoms with Gasteiger partial charge in [0.25, 0.3) is 11.8 Å². The molecule has 150 valence electrons. The van der Waals surface area contributed by atoms with Crippen LogP contribution in [0.2, 0.25) is 5.02 Å². The number of rotatable bonds is 5. The lowest BCUT2D eigenvalue weighted by Crippen LogP contribution is -2.31. The van der Waals surface area contributed by atoms with E-state index in [9.17, 15) is 14.0 Å². The maximum Gasteiger partial charge on any atom is 0.258 e. The number of carbonyl (C=O) groups excluding carboxylic acids is 2. The molecular weight excluding hydrogens is 401 g/mol. The molecule has 0 atom stereocenters. The van der Waals surface area contributed by atoms with Crippen LogP contribution in [-0.4, -0.2) is 11.8 Å². The van der Waals surface area contributed by atoms with Gasteiger partial charge in [-0.3, -0.25) is 14.9 Å². The van der Waals surface area contributed by atoms with Crippen LogP contribution in [-0.2, 0) is 9.59 Å². The SMILES string of the molecule is C/C(=C\c1ccccc1)C(=O)NC(=O)/C(=C/c1ccc(Cl)cc1)c1ccc(F)cc1. The Morgan fingerprint density at radius 1 is 0.800 bits per heavy atom. The molecule has 30 heavy (non-hydrogen) atoms. The monoisotopic (exact) mass is 419 g/mol. The molecule has 2 amide bonds. The van der Waals surface area contributed by atoms with Crippen molar-refractivity contribution in [1.82, 2.24) is 5.32 Å². The molecule has 0 aliphatic carbocycles. The summed E-state index contributed by atoms with van der Waals surface area (Å²) in [5.41, 5.74) is 2.69. The van der Waals surface area contributed by atoms with E-state index in [0.29, 0.717) is 16.2 Å². The Morgan fingerprint density at radius 3 is 2.03 bits per heavy atom. The molecule has 0 fully saturated rings. The van der Waals surface area contributed by atoms with Gasteiger partial charge in [0.2, 0.25) is 0 Å². The Labute approximate surface area is 179 Å². The van der Waals surface area contributed by atoms with Crippen molar-refractivity contribution < 1.29 is 14.0 Å². The Kier molecular flexibility index (Phi) is 6.94. The zero-order chi connectivity index (χ0) is 21.5. The molecule has 0 aromatic heterocycles. The molecule has 3 aromatic carbocycles. The number of carbonyl (C=O) groups is 2. The standard InChI is InChI=1S/C25H19ClFNO2/c1-17(15-18-5-3-2-4-6-18)24(29)28-25(30)23(20-9-13-22(27)14-10-20)16-19-7-11-21(26)12-8-19/h2-16H,1H3,(H,28,29,30)/b17-15+,23-16+. The molecule has 3 rings (SSSR count). The highest BCUT2D eigenvalue weighted by Crippen LogP contribution is 2.21. The maximum absolute atomic E-state index is 13.3. The molecule has 0 saturated heterocycles. The Hall–Kier alpha value is -3.50. The Morgan fingerprint density at radius 2 is 1.40 bits per heavy atom. The van der Waals surface area contributed by atoms with Gasteiger partial charge in [0.15, 0.2) is 0 Å². The summed E-state index contributed by atoms with van der Waals surface area (Å²) in [5, 5.41) is 2.98. The van der Waals surface area contributed by atoms with Crippen molar-refractivity contribution in [2.45, 2.75) is 6.92 Å². The van der Waals surface area contributed by atoms with Crippen LogP contribution < -0.4 is 5.32 Å². The summed E-state index contributed by atoms with van der Waals surface area (Å²) < 4.78 is 13.3. The van der Waals surface area contributed by atoms with E-state index in [1.54, 1.807) is 43.3 Å². The summed E-state index contributed by atoms with van der Waals surface area (Å²) in [4.78, 5) is 25.5. The van der Waals surface area contributed by atoms with Crippen molar-refractivity contribution in [2.75, 3.05) is 0 Å². The van der Waals surface area contributed by atoms with Crippen molar-refractivity contribution in [3.63, 3.8) is 0 Å². The number of hydrogen-bond acceptors (Lipinski definition) is 2. The van der Waals surface area contributed by atoms with E-state index in [1.165, 1.54) is 24.3 Å². The van der Waals surface area contributed by atoms with E-state index in [4.69, 9.17) is 11.6 Å². The lowest BCUT2D eigenvalue weighted by atomic mass is 10.0. The van der Waals surface area contributed by atoms with Crippen LogP contribution in [0.3, 0.4) is 0 Å². The molecule has 0 radical (unpaired) electrons. The van der Waals surface area contributed by atoms with Crippen molar-refractivity contribution >= 4 is 41.1 Å². The molecule has 0 heterocycles. The minimum atomic E-state index is -0.581. The molecule has 0 aliphatic rings. The van der Waals surface area contributed by atoms with Crippen molar-refractivity contribution in [2.24, 2.45) is 0 Å². The molecule has 0 spiro atoms. The maximum atomic E-state index is 13.3. The summed E-state index contributed by atoms with van der Waals surface area (Å²) in [6.45, 7) is 1.64. The van der Waals surface area contributed by atoms with Gasteiger partial charge in [-0.2, -0.15) is 0 Å². The van der Waals surface area contributed by atoms with Gasteiger partial charge in [-0.25, -0.2) is 4.39 Å². The van der Waals surface area contributed by atoms with Crippen LogP contribution in [0.5, 0.6) is 0 Å². The third kappa shape index (κ3) is 5.75. The summed E-state index contributed by atoms with van der Waals surface area (Å²) >= 11 is 5.92. The van der Waals surface area contributed by atoms with Crippen LogP contribution in [0.1, 0.15) is 23.6 Å². The predicted octanol–water partition coefficient (Wildman–Crippen LogP) is 5.77. The Bertz CT molecular complexity index is 1100. The average Bonchev–Trinajstić information content (AvgIpc) is 2.74. The lowest BCUT2D eigenvalue weighted by molar-refractivity contribution is -0.125. The van der Waals surface area contributed by atoms with Crippen LogP contribution in [0.25, 0.3) is 17.7 Å². The number of halogens is 2. The van der Waals surface area contributed by atoms with Crippen molar-refractivity contribution in [1.29, 1.82) is 0 Å². The molecule has 1 N–H and O–H groups in total. The first-order valence-corrected chi connectivity index (χ1v) is 9.62. The molecule has 3 nitrogen and oxygen atoms in total. The average molecular weight is 420 g/mol. The van der Waals surface area contributed by atoms with Gasteiger partial charge in [0.1, 0.15) is 5.82 Å². The number of imide groups is 1. The minimum absolute atomic E-state index is 0.234. The van der Waals surface area contributed by atoms with Gasteiger partial charge < -0.3 is 0 Å². The second kappa shape index (κ2) is 9.81. The van der Waals surface area contributed by atoms with Gasteiger partial charge in [-0.1, -0.05) is 66.2 Å². The first-order valence-electron chi connectivity index (χ1n) is 9.24. The van der Waals surface area contributed by atoms with Gasteiger partial charge in [-0.15, -0.1) is 0 Å². The quantitative estimate of drug-likeness (QED) is 0.421. The predicted molar refractivity (Wildman–Crippen MR) is 119 cm³/mol. The molecule has 5 heteroatoms. The van der Waals surface area contributed by atoms with Gasteiger partial charge in [0.05, 0.1) is 0 Å². The highest BCUT2D eigenvalue weighted by Gasteiger charge is 2.16. The fourth-order valence-electron chi connectivity index (χ4n) is 2.77. The van der Waals surface area contributed by atoms with Crippen LogP contribution in [0.4, 0.5) is 4.39 Å². The van der Waals surface area contributed by atoms with Gasteiger partial charge in [-0.05, 0) is 60.0 Å². The van der Waals surface area contributed by atoms with Crippen molar-refractivity contribution in [3.8, 4) is 0 Å². The smallest absolute Gasteiger partial charge is 0.258 e. The highest BCUT2D eigenvalue weighted by atomic mass is 35.5. The summed E-state index contributed by atoms with van der Waals surface area (Å²) in [6, 6.07) is 21.8. The zero-order valence-electron chi connectivity index (χ0n) is 16.2. The second-order valence-corrected chi connectivity index (χ2v) is 7.07. The van der Waals surface area contributed by atoms with Gasteiger partial charge >= 0.3 is 0 Å². The summed E-state index contributed by atoms with van der Waals surface area (Å²) in [5.74, 6) is -1.50. The van der Waals surface area contributed by atoms with Crippen molar-refractivity contribution in [3.05, 3.63) is 112 Å². The number of hydrogen-bond donors (Lipinski definition) is 1. The van der Waals surface area contributed by atoms with Gasteiger partial charge in [0, 0.05) is 16.2 Å². The summed E-state index contributed by atoms with van der Waals surface area (Å²) in [6.07, 6.45) is 3.32. The van der Waals surface area contributed by atoms with E-state index in [0.717, 1.165) is 11.1 Å². The van der Waals surface area contributed by atoms with E-state index < -0.39 is 17.6 Å². The molecule has 0 saturated carbocycles. The van der Waals surface area contributed by atoms with Crippen LogP contribution in [0.15, 0.2) is 84.4 Å². The minimum Gasteiger partial charge on any atom is -0.288 e. The number of amides is 2. The van der Waals surface area contributed by atoms with Crippen LogP contribution >= 0.6 is 11.6 Å². The molecule has 0 bridgehead atoms. The first kappa shape index (κ1) is 21.2. The van der Waals surface area contributed by atoms with E-state index in [2.05, 4.69) is 5.32 Å². The fraction of sp³-hybridized carbons (Fsp3) is 0.0400. The number of nitrogens with one attached hydrogen (secondary N) is 1. The normalized spacial score (nSPS) is 11.8. The molecular formula is C25H19ClFNO2. The van der Waals surface area contributed by atoms with E-state index >= 15 is 0 Å². The third-order valence-electron chi connectivity index (χ3n) is 4.35. The third-order valence-corrected chi connectivity index (χ3v) is 4.60. The summed E-state index contributed by atoms with van der Waals surface area (Å²) in [7, 11) is 0. The highest BCUT2D eigenvalue weighted by molar-refractivity contribution is 6.31. The van der Waals surface area contributed by atoms with E-state index in [-0.39, 0.29) is 5.57 Å². The van der Waals surface area contributed by atoms with Crippen LogP contribution in [0, 0.1) is 5.82 Å². The van der Waals surface area contributed by atoms with E-state index in [1.807, 2.05) is 30.3 Å². The number of benzene rings is 3. The first-order chi connectivity index (χ1) is 14.4. The molecule has 0 aliphatic heterocycles. The zero-order valence-corrected chi connectivity index (χ0v) is 17.0. The second-order valence-electron chi connectivity index (χ2n) is 6.64. The topological polar surface area (TPSA) is 46.2 Å². The fourth-order valence-corrected chi connectivity index (χ4v) is 2.89. The lowest BCUT2D eigenvalue weighted by Gasteiger charge is -2.10. The molecule has 0 unspecified atom stereocenters. The Balaban J connectivity index is 1.88. The molecule has 3 aromatic rings.